The van der Waals surface area contributed by atoms with Crippen LogP contribution in [0.1, 0.15) is 33.6 Å². The fourth-order valence-corrected chi connectivity index (χ4v) is 5.58. The van der Waals surface area contributed by atoms with Crippen molar-refractivity contribution in [3.8, 4) is 0 Å². The van der Waals surface area contributed by atoms with Gasteiger partial charge in [-0.1, -0.05) is 23.7 Å². The van der Waals surface area contributed by atoms with Crippen LogP contribution >= 0.6 is 23.4 Å². The van der Waals surface area contributed by atoms with Crippen LogP contribution in [0.5, 0.6) is 0 Å². The molecule has 0 radical (unpaired) electrons. The van der Waals surface area contributed by atoms with Crippen molar-refractivity contribution in [1.29, 1.82) is 0 Å². The molecule has 6 nitrogen and oxygen atoms in total. The second-order valence-corrected chi connectivity index (χ2v) is 10.8. The van der Waals surface area contributed by atoms with Gasteiger partial charge in [-0.3, -0.25) is 19.2 Å². The summed E-state index contributed by atoms with van der Waals surface area (Å²) < 4.78 is 79.9. The molecule has 2 aliphatic heterocycles. The molecule has 0 aliphatic carbocycles. The summed E-state index contributed by atoms with van der Waals surface area (Å²) in [4.78, 5) is 27.7. The quantitative estimate of drug-likeness (QED) is 0.269. The number of rotatable bonds is 5. The van der Waals surface area contributed by atoms with Gasteiger partial charge in [-0.05, 0) is 73.0 Å². The van der Waals surface area contributed by atoms with Gasteiger partial charge in [0.1, 0.15) is 5.67 Å². The Morgan fingerprint density at radius 3 is 2.66 bits per heavy atom. The highest BCUT2D eigenvalue weighted by molar-refractivity contribution is 8.18. The number of likely N-dealkylation sites (tertiary alicyclic amines) is 1. The summed E-state index contributed by atoms with van der Waals surface area (Å²) >= 11 is 6.45. The van der Waals surface area contributed by atoms with E-state index in [-0.39, 0.29) is 48.0 Å². The fourth-order valence-electron chi connectivity index (χ4n) is 4.57. The lowest BCUT2D eigenvalue weighted by Gasteiger charge is -2.36. The highest BCUT2D eigenvalue weighted by Gasteiger charge is 2.43. The third-order valence-electron chi connectivity index (χ3n) is 6.64. The van der Waals surface area contributed by atoms with Crippen LogP contribution in [-0.4, -0.2) is 63.0 Å². The largest absolute Gasteiger partial charge is 0.416 e. The molecule has 0 bridgehead atoms. The average Bonchev–Trinajstić information content (AvgIpc) is 3.39. The van der Waals surface area contributed by atoms with Crippen molar-refractivity contribution in [3.63, 3.8) is 0 Å². The molecule has 2 aromatic carbocycles. The van der Waals surface area contributed by atoms with Crippen LogP contribution in [0.3, 0.4) is 0 Å². The number of amides is 2. The van der Waals surface area contributed by atoms with E-state index in [2.05, 4.69) is 5.10 Å². The topological polar surface area (TPSA) is 58.4 Å². The van der Waals surface area contributed by atoms with Gasteiger partial charge in [0, 0.05) is 27.6 Å². The molecule has 0 N–H and O–H groups in total. The third-order valence-corrected chi connectivity index (χ3v) is 7.78. The predicted octanol–water partition coefficient (Wildman–Crippen LogP) is 6.23. The summed E-state index contributed by atoms with van der Waals surface area (Å²) in [5.74, 6) is -0.645. The van der Waals surface area contributed by atoms with Crippen molar-refractivity contribution in [2.75, 3.05) is 26.6 Å². The van der Waals surface area contributed by atoms with E-state index in [1.54, 1.807) is 18.2 Å². The van der Waals surface area contributed by atoms with Crippen LogP contribution in [0.2, 0.25) is 5.02 Å². The molecule has 3 heterocycles. The van der Waals surface area contributed by atoms with Crippen LogP contribution in [0.4, 0.5) is 22.4 Å². The molecule has 2 amide bonds. The highest BCUT2D eigenvalue weighted by atomic mass is 35.5. The number of hydrogen-bond donors (Lipinski definition) is 0. The summed E-state index contributed by atoms with van der Waals surface area (Å²) in [5.41, 5.74) is -1.63. The SMILES string of the molecule is [2H]C([2H])([2H])N1CCC(F)(CN2C(=O)SC(=Cc3ccc4c(cnn4Cc4ccc(Cl)cc4C(F)(F)F)c3)C2=O)CC1. The number of halogens is 5. The van der Waals surface area contributed by atoms with Gasteiger partial charge >= 0.3 is 6.18 Å². The smallest absolute Gasteiger partial charge is 0.306 e. The molecular weight excluding hydrogens is 544 g/mol. The maximum Gasteiger partial charge on any atom is 0.416 e. The number of nitrogens with zero attached hydrogens (tertiary/aromatic N) is 4. The number of thioether (sulfide) groups is 1. The number of hydrogen-bond acceptors (Lipinski definition) is 5. The number of aromatic nitrogens is 2. The standard InChI is InChI=1S/C26H23ClF4N4O2S/c1-33-8-6-25(28,7-9-33)15-34-23(36)22(38-24(34)37)11-16-2-5-21-18(10-16)13-32-35(21)14-17-3-4-19(27)12-20(17)26(29,30)31/h2-5,10-13H,6-9,14-15H2,1H3/i1D3. The minimum atomic E-state index is -4.59. The van der Waals surface area contributed by atoms with Crippen LogP contribution < -0.4 is 0 Å². The average molecular weight is 570 g/mol. The van der Waals surface area contributed by atoms with Crippen molar-refractivity contribution >= 4 is 51.5 Å². The molecule has 38 heavy (non-hydrogen) atoms. The molecule has 2 fully saturated rings. The van der Waals surface area contributed by atoms with E-state index in [1.807, 2.05) is 0 Å². The number of carbonyl (C=O) groups is 2. The molecule has 0 atom stereocenters. The molecule has 0 unspecified atom stereocenters. The van der Waals surface area contributed by atoms with Crippen LogP contribution in [0.25, 0.3) is 17.0 Å². The zero-order chi connectivity index (χ0) is 29.7. The molecule has 5 rings (SSSR count). The summed E-state index contributed by atoms with van der Waals surface area (Å²) in [6.07, 6.45) is -1.85. The Balaban J connectivity index is 1.31. The molecule has 2 saturated heterocycles. The fraction of sp³-hybridized carbons (Fsp3) is 0.346. The first kappa shape index (κ1) is 23.0. The maximum absolute atomic E-state index is 15.5. The second kappa shape index (κ2) is 10.0. The lowest BCUT2D eigenvalue weighted by molar-refractivity contribution is -0.138. The van der Waals surface area contributed by atoms with Gasteiger partial charge in [0.05, 0.1) is 35.3 Å². The van der Waals surface area contributed by atoms with Gasteiger partial charge in [-0.15, -0.1) is 0 Å². The third kappa shape index (κ3) is 5.45. The van der Waals surface area contributed by atoms with Crippen molar-refractivity contribution in [2.24, 2.45) is 0 Å². The van der Waals surface area contributed by atoms with E-state index in [0.29, 0.717) is 28.2 Å². The van der Waals surface area contributed by atoms with Crippen molar-refractivity contribution in [2.45, 2.75) is 31.2 Å². The Morgan fingerprint density at radius 1 is 1.18 bits per heavy atom. The lowest BCUT2D eigenvalue weighted by Crippen LogP contribution is -2.48. The Hall–Kier alpha value is -2.89. The first-order valence-corrected chi connectivity index (χ1v) is 12.8. The minimum absolute atomic E-state index is 0.000588. The zero-order valence-electron chi connectivity index (χ0n) is 22.8. The Morgan fingerprint density at radius 2 is 1.95 bits per heavy atom. The number of fused-ring (bicyclic) bond motifs is 1. The molecule has 0 spiro atoms. The van der Waals surface area contributed by atoms with Gasteiger partial charge in [0.2, 0.25) is 0 Å². The van der Waals surface area contributed by atoms with Crippen molar-refractivity contribution in [3.05, 3.63) is 69.2 Å². The van der Waals surface area contributed by atoms with E-state index in [9.17, 15) is 22.8 Å². The van der Waals surface area contributed by atoms with Crippen LogP contribution in [0, 0.1) is 0 Å². The minimum Gasteiger partial charge on any atom is -0.306 e. The van der Waals surface area contributed by atoms with E-state index < -0.39 is 42.1 Å². The highest BCUT2D eigenvalue weighted by Crippen LogP contribution is 2.37. The van der Waals surface area contributed by atoms with Gasteiger partial charge in [-0.25, -0.2) is 4.39 Å². The molecule has 200 valence electrons. The number of benzene rings is 2. The van der Waals surface area contributed by atoms with Crippen molar-refractivity contribution < 1.29 is 31.3 Å². The summed E-state index contributed by atoms with van der Waals surface area (Å²) in [5, 5.41) is 4.18. The summed E-state index contributed by atoms with van der Waals surface area (Å²) in [7, 11) is 0. The van der Waals surface area contributed by atoms with Gasteiger partial charge in [-0.2, -0.15) is 18.3 Å². The van der Waals surface area contributed by atoms with Gasteiger partial charge in [0.25, 0.3) is 11.1 Å². The molecule has 2 aliphatic rings. The number of alkyl halides is 4. The lowest BCUT2D eigenvalue weighted by atomic mass is 9.93. The molecule has 12 heteroatoms. The Bertz CT molecular complexity index is 1550. The predicted molar refractivity (Wildman–Crippen MR) is 139 cm³/mol. The first-order valence-electron chi connectivity index (χ1n) is 13.1. The first-order chi connectivity index (χ1) is 19.1. The summed E-state index contributed by atoms with van der Waals surface area (Å²) in [6.45, 7) is -2.96. The molecule has 0 saturated carbocycles. The Labute approximate surface area is 229 Å². The van der Waals surface area contributed by atoms with E-state index in [4.69, 9.17) is 15.7 Å². The zero-order valence-corrected chi connectivity index (χ0v) is 21.3. The number of carbonyl (C=O) groups excluding carboxylic acids is 2. The number of piperidine rings is 1. The van der Waals surface area contributed by atoms with Gasteiger partial charge < -0.3 is 4.90 Å². The molecule has 3 aromatic rings. The number of imide groups is 1. The van der Waals surface area contributed by atoms with E-state index in [0.717, 1.165) is 11.0 Å². The van der Waals surface area contributed by atoms with Crippen LogP contribution in [-0.2, 0) is 17.5 Å². The molecule has 1 aromatic heterocycles. The van der Waals surface area contributed by atoms with E-state index in [1.165, 1.54) is 34.0 Å². The Kier molecular flexibility index (Phi) is 6.07. The maximum atomic E-state index is 15.5. The molecular formula is C26H23ClF4N4O2S. The van der Waals surface area contributed by atoms with Crippen LogP contribution in [0.15, 0.2) is 47.5 Å². The van der Waals surface area contributed by atoms with E-state index >= 15 is 4.39 Å². The normalized spacial score (nSPS) is 21.2. The monoisotopic (exact) mass is 569 g/mol. The second-order valence-electron chi connectivity index (χ2n) is 9.33. The van der Waals surface area contributed by atoms with Gasteiger partial charge in [0.15, 0.2) is 0 Å². The van der Waals surface area contributed by atoms with Crippen molar-refractivity contribution in [1.82, 2.24) is 19.6 Å². The summed E-state index contributed by atoms with van der Waals surface area (Å²) in [6, 6.07) is 8.54.